The van der Waals surface area contributed by atoms with Crippen molar-refractivity contribution in [1.82, 2.24) is 4.90 Å². The number of esters is 2. The van der Waals surface area contributed by atoms with Gasteiger partial charge in [-0.25, -0.2) is 4.79 Å². The predicted molar refractivity (Wildman–Crippen MR) is 103 cm³/mol. The molecule has 1 saturated heterocycles. The number of piperidine rings is 1. The normalized spacial score (nSPS) is 16.4. The fourth-order valence-corrected chi connectivity index (χ4v) is 3.23. The summed E-state index contributed by atoms with van der Waals surface area (Å²) in [5.74, 6) is -1.03. The van der Waals surface area contributed by atoms with E-state index in [4.69, 9.17) is 16.3 Å². The van der Waals surface area contributed by atoms with Gasteiger partial charge in [0.1, 0.15) is 5.75 Å². The number of ether oxygens (including phenoxy) is 2. The number of halogens is 1. The summed E-state index contributed by atoms with van der Waals surface area (Å²) in [7, 11) is 1.30. The van der Waals surface area contributed by atoms with Gasteiger partial charge >= 0.3 is 11.9 Å². The lowest BCUT2D eigenvalue weighted by atomic mass is 9.97. The molecule has 2 aromatic carbocycles. The molecule has 6 nitrogen and oxygen atoms in total. The molecule has 1 aliphatic rings. The van der Waals surface area contributed by atoms with Gasteiger partial charge in [0.25, 0.3) is 5.91 Å². The van der Waals surface area contributed by atoms with Crippen molar-refractivity contribution in [2.45, 2.75) is 12.8 Å². The van der Waals surface area contributed by atoms with Crippen molar-refractivity contribution in [3.05, 3.63) is 64.7 Å². The fourth-order valence-electron chi connectivity index (χ4n) is 3.11. The Morgan fingerprint density at radius 1 is 1.00 bits per heavy atom. The number of amides is 1. The minimum atomic E-state index is -0.457. The molecule has 3 rings (SSSR count). The van der Waals surface area contributed by atoms with E-state index in [-0.39, 0.29) is 11.9 Å². The lowest BCUT2D eigenvalue weighted by Crippen LogP contribution is -2.43. The largest absolute Gasteiger partial charge is 0.465 e. The summed E-state index contributed by atoms with van der Waals surface area (Å²) in [5.41, 5.74) is 0.913. The predicted octanol–water partition coefficient (Wildman–Crippen LogP) is 3.58. The smallest absolute Gasteiger partial charge is 0.337 e. The molecule has 1 amide bonds. The molecule has 0 spiro atoms. The minimum Gasteiger partial charge on any atom is -0.465 e. The van der Waals surface area contributed by atoms with Crippen molar-refractivity contribution in [2.75, 3.05) is 20.2 Å². The highest BCUT2D eigenvalue weighted by atomic mass is 35.5. The molecule has 0 bridgehead atoms. The zero-order valence-corrected chi connectivity index (χ0v) is 16.1. The van der Waals surface area contributed by atoms with Crippen molar-refractivity contribution in [3.8, 4) is 5.75 Å². The summed E-state index contributed by atoms with van der Waals surface area (Å²) < 4.78 is 10.1. The third kappa shape index (κ3) is 4.70. The van der Waals surface area contributed by atoms with E-state index in [9.17, 15) is 14.4 Å². The molecule has 1 aliphatic heterocycles. The summed E-state index contributed by atoms with van der Waals surface area (Å²) in [6.07, 6.45) is 1.38. The molecule has 2 aromatic rings. The van der Waals surface area contributed by atoms with Crippen LogP contribution in [0.4, 0.5) is 0 Å². The van der Waals surface area contributed by atoms with Crippen LogP contribution in [0.3, 0.4) is 0 Å². The number of nitrogens with zero attached hydrogens (tertiary/aromatic N) is 1. The van der Waals surface area contributed by atoms with E-state index in [0.29, 0.717) is 41.4 Å². The summed E-state index contributed by atoms with van der Waals surface area (Å²) in [6, 6.07) is 12.8. The second-order valence-electron chi connectivity index (χ2n) is 6.53. The maximum absolute atomic E-state index is 12.7. The highest BCUT2D eigenvalue weighted by Crippen LogP contribution is 2.22. The maximum atomic E-state index is 12.7. The molecule has 0 aromatic heterocycles. The van der Waals surface area contributed by atoms with Crippen LogP contribution >= 0.6 is 11.6 Å². The molecule has 7 heteroatoms. The SMILES string of the molecule is COC(=O)c1ccc(OC(=O)[C@@H]2CCCN(C(=O)c3ccc(Cl)cc3)C2)cc1. The molecular formula is C21H20ClNO5. The van der Waals surface area contributed by atoms with Crippen LogP contribution in [-0.4, -0.2) is 42.9 Å². The van der Waals surface area contributed by atoms with Crippen LogP contribution in [0.5, 0.6) is 5.75 Å². The fraction of sp³-hybridized carbons (Fsp3) is 0.286. The minimum absolute atomic E-state index is 0.128. The third-order valence-electron chi connectivity index (χ3n) is 4.63. The Balaban J connectivity index is 1.61. The van der Waals surface area contributed by atoms with Crippen LogP contribution in [-0.2, 0) is 9.53 Å². The second kappa shape index (κ2) is 8.89. The summed E-state index contributed by atoms with van der Waals surface area (Å²) >= 11 is 5.87. The second-order valence-corrected chi connectivity index (χ2v) is 6.97. The lowest BCUT2D eigenvalue weighted by Gasteiger charge is -2.31. The van der Waals surface area contributed by atoms with E-state index in [1.54, 1.807) is 41.3 Å². The van der Waals surface area contributed by atoms with Gasteiger partial charge in [0.2, 0.25) is 0 Å². The molecule has 0 aliphatic carbocycles. The molecule has 0 N–H and O–H groups in total. The standard InChI is InChI=1S/C21H20ClNO5/c1-27-20(25)15-6-10-18(11-7-15)28-21(26)16-3-2-12-23(13-16)19(24)14-4-8-17(22)9-5-14/h4-11,16H,2-3,12-13H2,1H3/t16-/m1/s1. The Morgan fingerprint density at radius 2 is 1.64 bits per heavy atom. The van der Waals surface area contributed by atoms with Gasteiger partial charge in [0.15, 0.2) is 0 Å². The highest BCUT2D eigenvalue weighted by molar-refractivity contribution is 6.30. The van der Waals surface area contributed by atoms with E-state index in [1.165, 1.54) is 19.2 Å². The van der Waals surface area contributed by atoms with Gasteiger partial charge in [-0.1, -0.05) is 11.6 Å². The van der Waals surface area contributed by atoms with Gasteiger partial charge in [-0.15, -0.1) is 0 Å². The van der Waals surface area contributed by atoms with Crippen molar-refractivity contribution >= 4 is 29.4 Å². The van der Waals surface area contributed by atoms with E-state index >= 15 is 0 Å². The van der Waals surface area contributed by atoms with Crippen molar-refractivity contribution < 1.29 is 23.9 Å². The van der Waals surface area contributed by atoms with Crippen molar-refractivity contribution in [1.29, 1.82) is 0 Å². The first kappa shape index (κ1) is 19.9. The number of likely N-dealkylation sites (tertiary alicyclic amines) is 1. The average molecular weight is 402 g/mol. The summed E-state index contributed by atoms with van der Waals surface area (Å²) in [6.45, 7) is 0.902. The van der Waals surface area contributed by atoms with E-state index < -0.39 is 11.9 Å². The molecule has 146 valence electrons. The van der Waals surface area contributed by atoms with Crippen LogP contribution in [0.15, 0.2) is 48.5 Å². The molecule has 0 saturated carbocycles. The first-order chi connectivity index (χ1) is 13.5. The molecule has 28 heavy (non-hydrogen) atoms. The number of hydrogen-bond donors (Lipinski definition) is 0. The Hall–Kier alpha value is -2.86. The van der Waals surface area contributed by atoms with Gasteiger partial charge < -0.3 is 14.4 Å². The van der Waals surface area contributed by atoms with E-state index in [2.05, 4.69) is 4.74 Å². The van der Waals surface area contributed by atoms with Gasteiger partial charge in [0.05, 0.1) is 18.6 Å². The number of benzene rings is 2. The number of carbonyl (C=O) groups is 3. The van der Waals surface area contributed by atoms with Gasteiger partial charge in [0, 0.05) is 23.7 Å². The number of carbonyl (C=O) groups excluding carboxylic acids is 3. The van der Waals surface area contributed by atoms with Gasteiger partial charge in [-0.2, -0.15) is 0 Å². The molecule has 0 radical (unpaired) electrons. The topological polar surface area (TPSA) is 72.9 Å². The molecule has 1 atom stereocenters. The average Bonchev–Trinajstić information content (AvgIpc) is 2.74. The lowest BCUT2D eigenvalue weighted by molar-refractivity contribution is -0.140. The quantitative estimate of drug-likeness (QED) is 0.578. The molecule has 0 unspecified atom stereocenters. The molecular weight excluding hydrogens is 382 g/mol. The zero-order valence-electron chi connectivity index (χ0n) is 15.4. The zero-order chi connectivity index (χ0) is 20.1. The van der Waals surface area contributed by atoms with Crippen molar-refractivity contribution in [2.24, 2.45) is 5.92 Å². The van der Waals surface area contributed by atoms with Crippen LogP contribution in [0, 0.1) is 5.92 Å². The number of hydrogen-bond acceptors (Lipinski definition) is 5. The molecule has 1 fully saturated rings. The molecule has 1 heterocycles. The summed E-state index contributed by atoms with van der Waals surface area (Å²) in [5, 5.41) is 0.565. The Labute approximate surface area is 168 Å². The number of rotatable bonds is 4. The van der Waals surface area contributed by atoms with Crippen LogP contribution in [0.2, 0.25) is 5.02 Å². The summed E-state index contributed by atoms with van der Waals surface area (Å²) in [4.78, 5) is 38.3. The van der Waals surface area contributed by atoms with E-state index in [0.717, 1.165) is 6.42 Å². The Bertz CT molecular complexity index is 863. The van der Waals surface area contributed by atoms with Crippen molar-refractivity contribution in [3.63, 3.8) is 0 Å². The number of methoxy groups -OCH3 is 1. The van der Waals surface area contributed by atoms with Crippen LogP contribution < -0.4 is 4.74 Å². The highest BCUT2D eigenvalue weighted by Gasteiger charge is 2.30. The first-order valence-electron chi connectivity index (χ1n) is 8.93. The van der Waals surface area contributed by atoms with E-state index in [1.807, 2.05) is 0 Å². The maximum Gasteiger partial charge on any atom is 0.337 e. The third-order valence-corrected chi connectivity index (χ3v) is 4.88. The van der Waals surface area contributed by atoms with Gasteiger partial charge in [-0.3, -0.25) is 9.59 Å². The monoisotopic (exact) mass is 401 g/mol. The van der Waals surface area contributed by atoms with Crippen LogP contribution in [0.25, 0.3) is 0 Å². The van der Waals surface area contributed by atoms with Gasteiger partial charge in [-0.05, 0) is 61.4 Å². The first-order valence-corrected chi connectivity index (χ1v) is 9.30. The van der Waals surface area contributed by atoms with Crippen LogP contribution in [0.1, 0.15) is 33.6 Å². The Kier molecular flexibility index (Phi) is 6.31. The Morgan fingerprint density at radius 3 is 2.29 bits per heavy atom.